The van der Waals surface area contributed by atoms with Gasteiger partial charge < -0.3 is 10.1 Å². The van der Waals surface area contributed by atoms with Gasteiger partial charge in [-0.2, -0.15) is 0 Å². The Morgan fingerprint density at radius 3 is 2.62 bits per heavy atom. The molecule has 1 heterocycles. The van der Waals surface area contributed by atoms with Gasteiger partial charge in [0.15, 0.2) is 0 Å². The van der Waals surface area contributed by atoms with Crippen molar-refractivity contribution in [1.29, 1.82) is 0 Å². The summed E-state index contributed by atoms with van der Waals surface area (Å²) in [5.41, 5.74) is 4.74. The fourth-order valence-electron chi connectivity index (χ4n) is 2.47. The van der Waals surface area contributed by atoms with Crippen LogP contribution in [0.3, 0.4) is 0 Å². The number of nitrogens with zero attached hydrogens (tertiary/aromatic N) is 1. The van der Waals surface area contributed by atoms with Crippen molar-refractivity contribution in [2.75, 3.05) is 14.2 Å². The summed E-state index contributed by atoms with van der Waals surface area (Å²) < 4.78 is 5.52. The molecule has 1 unspecified atom stereocenters. The fourth-order valence-corrected chi connectivity index (χ4v) is 2.47. The molecular formula is C18H24N2O. The zero-order valence-electron chi connectivity index (χ0n) is 13.3. The summed E-state index contributed by atoms with van der Waals surface area (Å²) in [6.07, 6.45) is 3.84. The molecule has 0 fully saturated rings. The first-order valence-electron chi connectivity index (χ1n) is 7.43. The maximum absolute atomic E-state index is 5.52. The lowest BCUT2D eigenvalue weighted by atomic mass is 9.99. The Labute approximate surface area is 127 Å². The Morgan fingerprint density at radius 2 is 2.05 bits per heavy atom. The van der Waals surface area contributed by atoms with E-state index < -0.39 is 0 Å². The van der Waals surface area contributed by atoms with Crippen LogP contribution in [0.15, 0.2) is 36.5 Å². The van der Waals surface area contributed by atoms with Crippen molar-refractivity contribution in [2.24, 2.45) is 0 Å². The van der Waals surface area contributed by atoms with E-state index in [0.29, 0.717) is 0 Å². The SMILES string of the molecule is CCc1ccc(CC(NC)c2ccc(C)cc2OC)nc1. The van der Waals surface area contributed by atoms with Gasteiger partial charge in [-0.1, -0.05) is 25.1 Å². The Bertz CT molecular complexity index is 578. The van der Waals surface area contributed by atoms with Crippen LogP contribution in [0.4, 0.5) is 0 Å². The van der Waals surface area contributed by atoms with Crippen molar-refractivity contribution >= 4 is 0 Å². The van der Waals surface area contributed by atoms with Crippen LogP contribution in [0.2, 0.25) is 0 Å². The van der Waals surface area contributed by atoms with Crippen molar-refractivity contribution in [1.82, 2.24) is 10.3 Å². The molecule has 0 bridgehead atoms. The largest absolute Gasteiger partial charge is 0.496 e. The fraction of sp³-hybridized carbons (Fsp3) is 0.389. The van der Waals surface area contributed by atoms with E-state index in [0.717, 1.165) is 24.3 Å². The predicted octanol–water partition coefficient (Wildman–Crippen LogP) is 3.46. The van der Waals surface area contributed by atoms with Crippen LogP contribution >= 0.6 is 0 Å². The summed E-state index contributed by atoms with van der Waals surface area (Å²) in [4.78, 5) is 4.56. The molecule has 0 aliphatic heterocycles. The molecule has 0 spiro atoms. The molecule has 1 aromatic heterocycles. The second-order valence-electron chi connectivity index (χ2n) is 5.30. The molecule has 21 heavy (non-hydrogen) atoms. The first-order chi connectivity index (χ1) is 10.2. The van der Waals surface area contributed by atoms with E-state index in [9.17, 15) is 0 Å². The maximum atomic E-state index is 5.52. The highest BCUT2D eigenvalue weighted by Crippen LogP contribution is 2.28. The first-order valence-corrected chi connectivity index (χ1v) is 7.43. The number of aromatic nitrogens is 1. The topological polar surface area (TPSA) is 34.1 Å². The predicted molar refractivity (Wildman–Crippen MR) is 86.9 cm³/mol. The van der Waals surface area contributed by atoms with E-state index in [1.165, 1.54) is 16.7 Å². The van der Waals surface area contributed by atoms with Crippen LogP contribution in [0.5, 0.6) is 5.75 Å². The maximum Gasteiger partial charge on any atom is 0.123 e. The second-order valence-corrected chi connectivity index (χ2v) is 5.30. The molecule has 3 nitrogen and oxygen atoms in total. The third-order valence-electron chi connectivity index (χ3n) is 3.82. The normalized spacial score (nSPS) is 12.2. The standard InChI is InChI=1S/C18H24N2O/c1-5-14-7-8-15(20-12-14)11-17(19-3)16-9-6-13(2)10-18(16)21-4/h6-10,12,17,19H,5,11H2,1-4H3. The summed E-state index contributed by atoms with van der Waals surface area (Å²) in [6.45, 7) is 4.22. The highest BCUT2D eigenvalue weighted by molar-refractivity contribution is 5.39. The quantitative estimate of drug-likeness (QED) is 0.882. The number of aryl methyl sites for hydroxylation is 2. The highest BCUT2D eigenvalue weighted by Gasteiger charge is 2.15. The number of nitrogens with one attached hydrogen (secondary N) is 1. The number of likely N-dealkylation sites (N-methyl/N-ethyl adjacent to an activating group) is 1. The Morgan fingerprint density at radius 1 is 1.24 bits per heavy atom. The number of methoxy groups -OCH3 is 1. The van der Waals surface area contributed by atoms with Gasteiger partial charge in [0.05, 0.1) is 7.11 Å². The van der Waals surface area contributed by atoms with E-state index in [-0.39, 0.29) is 6.04 Å². The smallest absolute Gasteiger partial charge is 0.123 e. The van der Waals surface area contributed by atoms with Gasteiger partial charge in [-0.3, -0.25) is 4.98 Å². The van der Waals surface area contributed by atoms with Crippen molar-refractivity contribution in [3.63, 3.8) is 0 Å². The lowest BCUT2D eigenvalue weighted by molar-refractivity contribution is 0.400. The van der Waals surface area contributed by atoms with Crippen LogP contribution in [0.1, 0.15) is 35.3 Å². The Balaban J connectivity index is 2.22. The molecule has 2 aromatic rings. The van der Waals surface area contributed by atoms with Gasteiger partial charge in [0.2, 0.25) is 0 Å². The Kier molecular flexibility index (Phi) is 5.34. The molecule has 1 N–H and O–H groups in total. The molecule has 1 atom stereocenters. The van der Waals surface area contributed by atoms with Gasteiger partial charge in [0.1, 0.15) is 5.75 Å². The van der Waals surface area contributed by atoms with E-state index in [2.05, 4.69) is 54.5 Å². The van der Waals surface area contributed by atoms with Gasteiger partial charge in [0, 0.05) is 29.9 Å². The third kappa shape index (κ3) is 3.82. The summed E-state index contributed by atoms with van der Waals surface area (Å²) in [6, 6.07) is 10.8. The summed E-state index contributed by atoms with van der Waals surface area (Å²) >= 11 is 0. The lowest BCUT2D eigenvalue weighted by Crippen LogP contribution is -2.20. The number of pyridine rings is 1. The summed E-state index contributed by atoms with van der Waals surface area (Å²) in [5, 5.41) is 3.37. The molecule has 0 radical (unpaired) electrons. The van der Waals surface area contributed by atoms with Gasteiger partial charge in [-0.15, -0.1) is 0 Å². The monoisotopic (exact) mass is 284 g/mol. The van der Waals surface area contributed by atoms with Gasteiger partial charge in [-0.25, -0.2) is 0 Å². The van der Waals surface area contributed by atoms with E-state index in [1.807, 2.05) is 13.2 Å². The summed E-state index contributed by atoms with van der Waals surface area (Å²) in [7, 11) is 3.70. The molecule has 1 aromatic carbocycles. The molecular weight excluding hydrogens is 260 g/mol. The second kappa shape index (κ2) is 7.23. The van der Waals surface area contributed by atoms with E-state index in [1.54, 1.807) is 7.11 Å². The Hall–Kier alpha value is -1.87. The van der Waals surface area contributed by atoms with Gasteiger partial charge in [0.25, 0.3) is 0 Å². The molecule has 0 saturated carbocycles. The van der Waals surface area contributed by atoms with Gasteiger partial charge in [-0.05, 0) is 43.7 Å². The van der Waals surface area contributed by atoms with E-state index in [4.69, 9.17) is 4.74 Å². The molecule has 0 amide bonds. The van der Waals surface area contributed by atoms with Crippen molar-refractivity contribution in [3.05, 3.63) is 58.9 Å². The number of ether oxygens (including phenoxy) is 1. The van der Waals surface area contributed by atoms with Crippen LogP contribution in [0.25, 0.3) is 0 Å². The van der Waals surface area contributed by atoms with Gasteiger partial charge >= 0.3 is 0 Å². The van der Waals surface area contributed by atoms with Crippen LogP contribution in [-0.4, -0.2) is 19.1 Å². The zero-order valence-corrected chi connectivity index (χ0v) is 13.3. The number of hydrogen-bond acceptors (Lipinski definition) is 3. The van der Waals surface area contributed by atoms with Crippen LogP contribution in [-0.2, 0) is 12.8 Å². The van der Waals surface area contributed by atoms with Crippen molar-refractivity contribution < 1.29 is 4.74 Å². The molecule has 0 saturated heterocycles. The number of rotatable bonds is 6. The average molecular weight is 284 g/mol. The minimum Gasteiger partial charge on any atom is -0.496 e. The lowest BCUT2D eigenvalue weighted by Gasteiger charge is -2.19. The molecule has 112 valence electrons. The third-order valence-corrected chi connectivity index (χ3v) is 3.82. The molecule has 2 rings (SSSR count). The molecule has 3 heteroatoms. The zero-order chi connectivity index (χ0) is 15.2. The molecule has 0 aliphatic rings. The first kappa shape index (κ1) is 15.5. The number of hydrogen-bond donors (Lipinski definition) is 1. The van der Waals surface area contributed by atoms with Crippen LogP contribution in [0, 0.1) is 6.92 Å². The average Bonchev–Trinajstić information content (AvgIpc) is 2.53. The van der Waals surface area contributed by atoms with Crippen molar-refractivity contribution in [3.8, 4) is 5.75 Å². The van der Waals surface area contributed by atoms with Crippen LogP contribution < -0.4 is 10.1 Å². The summed E-state index contributed by atoms with van der Waals surface area (Å²) in [5.74, 6) is 0.930. The molecule has 0 aliphatic carbocycles. The number of benzene rings is 1. The highest BCUT2D eigenvalue weighted by atomic mass is 16.5. The minimum atomic E-state index is 0.195. The van der Waals surface area contributed by atoms with Crippen molar-refractivity contribution in [2.45, 2.75) is 32.7 Å². The van der Waals surface area contributed by atoms with E-state index >= 15 is 0 Å². The minimum absolute atomic E-state index is 0.195.